The quantitative estimate of drug-likeness (QED) is 0.797. The van der Waals surface area contributed by atoms with E-state index in [1.165, 1.54) is 31.4 Å². The molecule has 112 valence electrons. The van der Waals surface area contributed by atoms with Crippen LogP contribution in [0.2, 0.25) is 0 Å². The van der Waals surface area contributed by atoms with Gasteiger partial charge in [-0.3, -0.25) is 0 Å². The van der Waals surface area contributed by atoms with Gasteiger partial charge in [-0.25, -0.2) is 12.8 Å². The molecule has 0 spiro atoms. The third-order valence-electron chi connectivity index (χ3n) is 2.86. The average Bonchev–Trinajstić information content (AvgIpc) is 2.45. The predicted molar refractivity (Wildman–Crippen MR) is 77.4 cm³/mol. The topological polar surface area (TPSA) is 52.6 Å². The largest absolute Gasteiger partial charge is 0.464 e. The summed E-state index contributed by atoms with van der Waals surface area (Å²) >= 11 is 0. The summed E-state index contributed by atoms with van der Waals surface area (Å²) in [5, 5.41) is 0. The number of sulfone groups is 1. The Morgan fingerprint density at radius 3 is 2.52 bits per heavy atom. The third kappa shape index (κ3) is 3.59. The van der Waals surface area contributed by atoms with Crippen LogP contribution in [-0.4, -0.2) is 28.6 Å². The zero-order valence-electron chi connectivity index (χ0n) is 11.7. The van der Waals surface area contributed by atoms with Crippen LogP contribution < -0.4 is 4.74 Å². The number of para-hydroxylation sites is 1. The molecule has 0 aliphatic rings. The molecule has 21 heavy (non-hydrogen) atoms. The van der Waals surface area contributed by atoms with Crippen molar-refractivity contribution in [3.05, 3.63) is 48.3 Å². The van der Waals surface area contributed by atoms with Crippen LogP contribution in [0.1, 0.15) is 0 Å². The number of rotatable bonds is 5. The van der Waals surface area contributed by atoms with Gasteiger partial charge in [0, 0.05) is 18.9 Å². The summed E-state index contributed by atoms with van der Waals surface area (Å²) in [6.45, 7) is -0.0975. The molecule has 4 nitrogen and oxygen atoms in total. The van der Waals surface area contributed by atoms with Crippen molar-refractivity contribution in [1.29, 1.82) is 0 Å². The van der Waals surface area contributed by atoms with Gasteiger partial charge in [-0.1, -0.05) is 24.3 Å². The van der Waals surface area contributed by atoms with E-state index in [1.54, 1.807) is 18.2 Å². The molecule has 0 heterocycles. The summed E-state index contributed by atoms with van der Waals surface area (Å²) in [5.41, 5.74) is 1.03. The van der Waals surface area contributed by atoms with Crippen molar-refractivity contribution in [1.82, 2.24) is 0 Å². The standard InChI is InChI=1S/C15H15FO4S/c1-19-10-20-15-13(7-4-8-14(15)16)11-5-3-6-12(9-11)21(2,17)18/h3-9H,10H2,1-2H3. The van der Waals surface area contributed by atoms with Gasteiger partial charge in [-0.15, -0.1) is 0 Å². The molecular formula is C15H15FO4S. The minimum atomic E-state index is -3.33. The lowest BCUT2D eigenvalue weighted by Crippen LogP contribution is -2.03. The predicted octanol–water partition coefficient (Wildman–Crippen LogP) is 2.88. The molecule has 0 unspecified atom stereocenters. The summed E-state index contributed by atoms with van der Waals surface area (Å²) in [7, 11) is -1.90. The molecule has 0 aliphatic carbocycles. The Labute approximate surface area is 123 Å². The van der Waals surface area contributed by atoms with Crippen LogP contribution in [0.15, 0.2) is 47.4 Å². The number of hydrogen-bond donors (Lipinski definition) is 0. The van der Waals surface area contributed by atoms with E-state index in [0.717, 1.165) is 6.26 Å². The smallest absolute Gasteiger partial charge is 0.188 e. The minimum absolute atomic E-state index is 0.0324. The second-order valence-corrected chi connectivity index (χ2v) is 6.48. The third-order valence-corrected chi connectivity index (χ3v) is 3.97. The van der Waals surface area contributed by atoms with Gasteiger partial charge in [-0.05, 0) is 23.8 Å². The highest BCUT2D eigenvalue weighted by atomic mass is 32.2. The van der Waals surface area contributed by atoms with Gasteiger partial charge in [0.15, 0.2) is 28.2 Å². The van der Waals surface area contributed by atoms with Crippen molar-refractivity contribution >= 4 is 9.84 Å². The fourth-order valence-corrected chi connectivity index (χ4v) is 2.56. The molecule has 0 fully saturated rings. The van der Waals surface area contributed by atoms with E-state index in [4.69, 9.17) is 9.47 Å². The molecule has 0 N–H and O–H groups in total. The maximum Gasteiger partial charge on any atom is 0.188 e. The number of benzene rings is 2. The molecule has 0 atom stereocenters. The van der Waals surface area contributed by atoms with E-state index in [1.807, 2.05) is 0 Å². The maximum atomic E-state index is 13.9. The van der Waals surface area contributed by atoms with E-state index >= 15 is 0 Å². The lowest BCUT2D eigenvalue weighted by Gasteiger charge is -2.12. The summed E-state index contributed by atoms with van der Waals surface area (Å²) in [6.07, 6.45) is 1.13. The van der Waals surface area contributed by atoms with Crippen molar-refractivity contribution in [3.8, 4) is 16.9 Å². The fraction of sp³-hybridized carbons (Fsp3) is 0.200. The molecule has 0 bridgehead atoms. The van der Waals surface area contributed by atoms with E-state index < -0.39 is 15.7 Å². The summed E-state index contributed by atoms with van der Waals surface area (Å²) in [5.74, 6) is -0.501. The first-order valence-electron chi connectivity index (χ1n) is 6.14. The first kappa shape index (κ1) is 15.5. The van der Waals surface area contributed by atoms with Crippen molar-refractivity contribution < 1.29 is 22.3 Å². The normalized spacial score (nSPS) is 11.4. The van der Waals surface area contributed by atoms with Crippen LogP contribution in [0.3, 0.4) is 0 Å². The highest BCUT2D eigenvalue weighted by Crippen LogP contribution is 2.33. The highest BCUT2D eigenvalue weighted by Gasteiger charge is 2.14. The second-order valence-electron chi connectivity index (χ2n) is 4.47. The van der Waals surface area contributed by atoms with Gasteiger partial charge in [-0.2, -0.15) is 0 Å². The monoisotopic (exact) mass is 310 g/mol. The Kier molecular flexibility index (Phi) is 4.59. The molecule has 0 saturated carbocycles. The number of hydrogen-bond acceptors (Lipinski definition) is 4. The Balaban J connectivity index is 2.54. The van der Waals surface area contributed by atoms with Crippen LogP contribution in [0, 0.1) is 5.82 Å². The summed E-state index contributed by atoms with van der Waals surface area (Å²) in [4.78, 5) is 0.168. The van der Waals surface area contributed by atoms with Crippen LogP contribution >= 0.6 is 0 Å². The first-order valence-corrected chi connectivity index (χ1v) is 8.03. The Morgan fingerprint density at radius 1 is 1.14 bits per heavy atom. The molecular weight excluding hydrogens is 295 g/mol. The van der Waals surface area contributed by atoms with Crippen molar-refractivity contribution in [2.24, 2.45) is 0 Å². The van der Waals surface area contributed by atoms with E-state index in [0.29, 0.717) is 11.1 Å². The number of halogens is 1. The van der Waals surface area contributed by atoms with Gasteiger partial charge in [0.05, 0.1) is 4.90 Å². The number of methoxy groups -OCH3 is 1. The first-order chi connectivity index (χ1) is 9.93. The van der Waals surface area contributed by atoms with Gasteiger partial charge >= 0.3 is 0 Å². The molecule has 0 amide bonds. The SMILES string of the molecule is COCOc1c(F)cccc1-c1cccc(S(C)(=O)=O)c1. The van der Waals surface area contributed by atoms with E-state index in [-0.39, 0.29) is 17.4 Å². The molecule has 2 aromatic rings. The molecule has 0 radical (unpaired) electrons. The maximum absolute atomic E-state index is 13.9. The minimum Gasteiger partial charge on any atom is -0.464 e. The summed E-state index contributed by atoms with van der Waals surface area (Å²) < 4.78 is 47.2. The summed E-state index contributed by atoms with van der Waals surface area (Å²) in [6, 6.07) is 10.8. The van der Waals surface area contributed by atoms with Crippen molar-refractivity contribution in [3.63, 3.8) is 0 Å². The number of ether oxygens (including phenoxy) is 2. The lowest BCUT2D eigenvalue weighted by molar-refractivity contribution is 0.0487. The van der Waals surface area contributed by atoms with Crippen LogP contribution in [-0.2, 0) is 14.6 Å². The molecule has 0 aliphatic heterocycles. The van der Waals surface area contributed by atoms with Crippen molar-refractivity contribution in [2.45, 2.75) is 4.90 Å². The fourth-order valence-electron chi connectivity index (χ4n) is 1.89. The highest BCUT2D eigenvalue weighted by molar-refractivity contribution is 7.90. The van der Waals surface area contributed by atoms with Gasteiger partial charge in [0.1, 0.15) is 0 Å². The zero-order valence-corrected chi connectivity index (χ0v) is 12.5. The second kappa shape index (κ2) is 6.24. The zero-order chi connectivity index (χ0) is 15.5. The molecule has 0 aromatic heterocycles. The van der Waals surface area contributed by atoms with Crippen molar-refractivity contribution in [2.75, 3.05) is 20.2 Å². The van der Waals surface area contributed by atoms with Gasteiger partial charge < -0.3 is 9.47 Å². The van der Waals surface area contributed by atoms with E-state index in [2.05, 4.69) is 0 Å². The lowest BCUT2D eigenvalue weighted by atomic mass is 10.0. The average molecular weight is 310 g/mol. The molecule has 2 rings (SSSR count). The van der Waals surface area contributed by atoms with Crippen LogP contribution in [0.5, 0.6) is 5.75 Å². The van der Waals surface area contributed by atoms with Crippen LogP contribution in [0.25, 0.3) is 11.1 Å². The Hall–Kier alpha value is -1.92. The Morgan fingerprint density at radius 2 is 1.86 bits per heavy atom. The molecule has 6 heteroatoms. The van der Waals surface area contributed by atoms with Gasteiger partial charge in [0.25, 0.3) is 0 Å². The van der Waals surface area contributed by atoms with Crippen LogP contribution in [0.4, 0.5) is 4.39 Å². The Bertz CT molecular complexity index is 741. The van der Waals surface area contributed by atoms with E-state index in [9.17, 15) is 12.8 Å². The molecule has 2 aromatic carbocycles. The molecule has 0 saturated heterocycles. The van der Waals surface area contributed by atoms with Gasteiger partial charge in [0.2, 0.25) is 0 Å².